The molecule has 1 aliphatic rings. The fraction of sp³-hybridized carbons (Fsp3) is 0.455. The van der Waals surface area contributed by atoms with Gasteiger partial charge < -0.3 is 14.6 Å². The maximum Gasteiger partial charge on any atom is 0.267 e. The van der Waals surface area contributed by atoms with Gasteiger partial charge in [0.2, 0.25) is 5.91 Å². The highest BCUT2D eigenvalue weighted by Gasteiger charge is 2.20. The molecule has 158 valence electrons. The predicted octanol–water partition coefficient (Wildman–Crippen LogP) is 2.00. The summed E-state index contributed by atoms with van der Waals surface area (Å²) in [5, 5.41) is 7.40. The van der Waals surface area contributed by atoms with E-state index >= 15 is 0 Å². The van der Waals surface area contributed by atoms with Gasteiger partial charge in [0.25, 0.3) is 5.56 Å². The van der Waals surface area contributed by atoms with Gasteiger partial charge in [-0.3, -0.25) is 9.59 Å². The first kappa shape index (κ1) is 20.3. The average Bonchev–Trinajstić information content (AvgIpc) is 3.11. The molecule has 1 aliphatic carbocycles. The lowest BCUT2D eigenvalue weighted by Gasteiger charge is -2.18. The molecule has 1 atom stereocenters. The second-order valence-corrected chi connectivity index (χ2v) is 7.71. The van der Waals surface area contributed by atoms with Crippen molar-refractivity contribution in [2.24, 2.45) is 0 Å². The average molecular weight is 409 g/mol. The number of aryl methyl sites for hydroxylation is 2. The molecule has 3 aromatic rings. The van der Waals surface area contributed by atoms with Crippen molar-refractivity contribution in [3.63, 3.8) is 0 Å². The van der Waals surface area contributed by atoms with Crippen molar-refractivity contribution in [2.45, 2.75) is 51.7 Å². The summed E-state index contributed by atoms with van der Waals surface area (Å²) in [6, 6.07) is 9.17. The zero-order chi connectivity index (χ0) is 21.1. The first-order valence-corrected chi connectivity index (χ1v) is 10.4. The highest BCUT2D eigenvalue weighted by molar-refractivity contribution is 5.78. The first-order valence-electron chi connectivity index (χ1n) is 10.4. The van der Waals surface area contributed by atoms with E-state index in [2.05, 4.69) is 15.0 Å². The van der Waals surface area contributed by atoms with Gasteiger partial charge in [-0.25, -0.2) is 9.67 Å². The lowest BCUT2D eigenvalue weighted by atomic mass is 9.97. The van der Waals surface area contributed by atoms with Crippen LogP contribution < -0.4 is 10.9 Å². The van der Waals surface area contributed by atoms with Crippen molar-refractivity contribution < 1.29 is 9.53 Å². The van der Waals surface area contributed by atoms with Gasteiger partial charge in [0.05, 0.1) is 29.4 Å². The van der Waals surface area contributed by atoms with Crippen LogP contribution in [0.1, 0.15) is 42.9 Å². The second kappa shape index (κ2) is 8.79. The fourth-order valence-corrected chi connectivity index (χ4v) is 4.04. The van der Waals surface area contributed by atoms with E-state index in [9.17, 15) is 9.59 Å². The van der Waals surface area contributed by atoms with Crippen LogP contribution >= 0.6 is 0 Å². The Labute approximate surface area is 174 Å². The lowest BCUT2D eigenvalue weighted by molar-refractivity contribution is -0.122. The number of ether oxygens (including phenoxy) is 1. The van der Waals surface area contributed by atoms with Crippen LogP contribution in [0.5, 0.6) is 0 Å². The van der Waals surface area contributed by atoms with Crippen LogP contribution in [0.4, 0.5) is 0 Å². The van der Waals surface area contributed by atoms with Crippen LogP contribution in [-0.4, -0.2) is 39.0 Å². The molecule has 0 saturated carbocycles. The van der Waals surface area contributed by atoms with Crippen LogP contribution in [0.25, 0.3) is 11.0 Å². The number of carbonyl (C=O) groups is 1. The number of fused-ring (bicyclic) bond motifs is 2. The SMILES string of the molecule is COCCn1c([C@@H](C)NC(=O)Cn2nc3c(cc2=O)CCCC3)nc2ccccc21. The third-order valence-electron chi connectivity index (χ3n) is 5.54. The van der Waals surface area contributed by atoms with Crippen molar-refractivity contribution >= 4 is 16.9 Å². The quantitative estimate of drug-likeness (QED) is 0.644. The highest BCUT2D eigenvalue weighted by atomic mass is 16.5. The van der Waals surface area contributed by atoms with Gasteiger partial charge in [-0.2, -0.15) is 5.10 Å². The van der Waals surface area contributed by atoms with E-state index in [0.717, 1.165) is 53.8 Å². The third kappa shape index (κ3) is 4.14. The molecule has 2 aromatic heterocycles. The van der Waals surface area contributed by atoms with Gasteiger partial charge in [-0.15, -0.1) is 0 Å². The zero-order valence-electron chi connectivity index (χ0n) is 17.4. The predicted molar refractivity (Wildman–Crippen MR) is 113 cm³/mol. The number of benzene rings is 1. The number of nitrogens with zero attached hydrogens (tertiary/aromatic N) is 4. The number of hydrogen-bond acceptors (Lipinski definition) is 5. The standard InChI is InChI=1S/C22H27N5O3/c1-15(22-24-18-9-5-6-10-19(18)26(22)11-12-30-2)23-20(28)14-27-21(29)13-16-7-3-4-8-17(16)25-27/h5-6,9-10,13,15H,3-4,7-8,11-12,14H2,1-2H3,(H,23,28)/t15-/m1/s1. The third-order valence-corrected chi connectivity index (χ3v) is 5.54. The molecule has 0 radical (unpaired) electrons. The zero-order valence-corrected chi connectivity index (χ0v) is 17.4. The lowest BCUT2D eigenvalue weighted by Crippen LogP contribution is -2.36. The van der Waals surface area contributed by atoms with Crippen molar-refractivity contribution in [3.8, 4) is 0 Å². The van der Waals surface area contributed by atoms with Crippen LogP contribution in [0.15, 0.2) is 35.1 Å². The molecule has 0 saturated heterocycles. The van der Waals surface area contributed by atoms with Crippen LogP contribution in [-0.2, 0) is 35.5 Å². The number of nitrogens with one attached hydrogen (secondary N) is 1. The fourth-order valence-electron chi connectivity index (χ4n) is 4.04. The summed E-state index contributed by atoms with van der Waals surface area (Å²) in [6.07, 6.45) is 3.90. The van der Waals surface area contributed by atoms with Crippen molar-refractivity contribution in [2.75, 3.05) is 13.7 Å². The Bertz CT molecular complexity index is 1120. The van der Waals surface area contributed by atoms with Crippen LogP contribution in [0.2, 0.25) is 0 Å². The molecule has 8 heteroatoms. The molecule has 1 aromatic carbocycles. The summed E-state index contributed by atoms with van der Waals surface area (Å²) in [5.74, 6) is 0.491. The Morgan fingerprint density at radius 3 is 2.90 bits per heavy atom. The molecular formula is C22H27N5O3. The minimum atomic E-state index is -0.324. The van der Waals surface area contributed by atoms with Gasteiger partial charge in [-0.1, -0.05) is 12.1 Å². The number of aromatic nitrogens is 4. The number of imidazole rings is 1. The Morgan fingerprint density at radius 1 is 1.27 bits per heavy atom. The summed E-state index contributed by atoms with van der Waals surface area (Å²) in [4.78, 5) is 29.8. The maximum atomic E-state index is 12.7. The monoisotopic (exact) mass is 409 g/mol. The molecule has 30 heavy (non-hydrogen) atoms. The number of para-hydroxylation sites is 2. The molecule has 0 aliphatic heterocycles. The number of amides is 1. The molecular weight excluding hydrogens is 382 g/mol. The number of carbonyl (C=O) groups excluding carboxylic acids is 1. The number of hydrogen-bond donors (Lipinski definition) is 1. The van der Waals surface area contributed by atoms with E-state index in [1.165, 1.54) is 4.68 Å². The van der Waals surface area contributed by atoms with E-state index in [1.54, 1.807) is 13.2 Å². The summed E-state index contributed by atoms with van der Waals surface area (Å²) >= 11 is 0. The molecule has 0 fully saturated rings. The van der Waals surface area contributed by atoms with Crippen molar-refractivity contribution in [1.29, 1.82) is 0 Å². The van der Waals surface area contributed by atoms with Gasteiger partial charge in [-0.05, 0) is 50.3 Å². The van der Waals surface area contributed by atoms with Crippen molar-refractivity contribution in [1.82, 2.24) is 24.6 Å². The Morgan fingerprint density at radius 2 is 2.07 bits per heavy atom. The van der Waals surface area contributed by atoms with Gasteiger partial charge in [0.15, 0.2) is 0 Å². The molecule has 2 heterocycles. The maximum absolute atomic E-state index is 12.7. The summed E-state index contributed by atoms with van der Waals surface area (Å²) in [5.41, 5.74) is 3.59. The number of rotatable bonds is 7. The van der Waals surface area contributed by atoms with Gasteiger partial charge in [0.1, 0.15) is 12.4 Å². The summed E-state index contributed by atoms with van der Waals surface area (Å²) in [7, 11) is 1.66. The molecule has 0 unspecified atom stereocenters. The Kier molecular flexibility index (Phi) is 5.94. The molecule has 0 spiro atoms. The van der Waals surface area contributed by atoms with E-state index in [1.807, 2.05) is 31.2 Å². The van der Waals surface area contributed by atoms with Gasteiger partial charge in [0, 0.05) is 19.7 Å². The van der Waals surface area contributed by atoms with E-state index in [0.29, 0.717) is 13.2 Å². The molecule has 0 bridgehead atoms. The van der Waals surface area contributed by atoms with Crippen molar-refractivity contribution in [3.05, 3.63) is 57.8 Å². The molecule has 8 nitrogen and oxygen atoms in total. The first-order chi connectivity index (χ1) is 14.6. The Balaban J connectivity index is 1.52. The van der Waals surface area contributed by atoms with E-state index < -0.39 is 0 Å². The van der Waals surface area contributed by atoms with E-state index in [4.69, 9.17) is 9.72 Å². The minimum absolute atomic E-state index is 0.102. The molecule has 1 N–H and O–H groups in total. The topological polar surface area (TPSA) is 91.0 Å². The van der Waals surface area contributed by atoms with E-state index in [-0.39, 0.29) is 24.1 Å². The minimum Gasteiger partial charge on any atom is -0.383 e. The second-order valence-electron chi connectivity index (χ2n) is 7.71. The highest BCUT2D eigenvalue weighted by Crippen LogP contribution is 2.21. The van der Waals surface area contributed by atoms with Crippen LogP contribution in [0.3, 0.4) is 0 Å². The molecule has 4 rings (SSSR count). The normalized spacial score (nSPS) is 14.5. The largest absolute Gasteiger partial charge is 0.383 e. The summed E-state index contributed by atoms with van der Waals surface area (Å²) < 4.78 is 8.56. The summed E-state index contributed by atoms with van der Waals surface area (Å²) in [6.45, 7) is 2.97. The Hall–Kier alpha value is -3.00. The van der Waals surface area contributed by atoms with Crippen LogP contribution in [0, 0.1) is 0 Å². The smallest absolute Gasteiger partial charge is 0.267 e. The molecule has 1 amide bonds. The number of methoxy groups -OCH3 is 1. The van der Waals surface area contributed by atoms with Gasteiger partial charge >= 0.3 is 0 Å².